The smallest absolute Gasteiger partial charge is 0.790 e. The van der Waals surface area contributed by atoms with Crippen LogP contribution in [-0.2, 0) is 31.6 Å². The van der Waals surface area contributed by atoms with Crippen molar-refractivity contribution in [2.45, 2.75) is 31.7 Å². The minimum atomic E-state index is -6.10. The van der Waals surface area contributed by atoms with Crippen LogP contribution in [0.25, 0.3) is 0 Å². The first-order chi connectivity index (χ1) is 13.1. The average Bonchev–Trinajstić information content (AvgIpc) is 2.86. The summed E-state index contributed by atoms with van der Waals surface area (Å²) >= 11 is 0. The summed E-state index contributed by atoms with van der Waals surface area (Å²) < 4.78 is 50.0. The van der Waals surface area contributed by atoms with Gasteiger partial charge in [0.1, 0.15) is 6.23 Å². The number of aromatic nitrogens is 2. The summed E-state index contributed by atoms with van der Waals surface area (Å²) in [4.78, 5) is 68.5. The Hall–Kier alpha value is 1.40. The topological polar surface area (TPSA) is 261 Å². The Kier molecular flexibility index (Phi) is 17.7. The molecule has 0 aliphatic carbocycles. The van der Waals surface area contributed by atoms with Crippen molar-refractivity contribution in [1.29, 1.82) is 0 Å². The van der Waals surface area contributed by atoms with Gasteiger partial charge in [0.05, 0.1) is 20.5 Å². The van der Waals surface area contributed by atoms with Crippen LogP contribution in [0.1, 0.15) is 18.2 Å². The summed E-state index contributed by atoms with van der Waals surface area (Å²) in [5.41, 5.74) is 4.56. The molecule has 2 rings (SSSR count). The van der Waals surface area contributed by atoms with Crippen molar-refractivity contribution < 1.29 is 127 Å². The third-order valence-electron chi connectivity index (χ3n) is 3.54. The molecule has 0 bridgehead atoms. The summed E-state index contributed by atoms with van der Waals surface area (Å²) in [5, 5.41) is 0. The van der Waals surface area contributed by atoms with E-state index in [9.17, 15) is 42.9 Å². The number of nitrogens with one attached hydrogen (secondary N) is 1. The first-order valence-corrected chi connectivity index (χ1v) is 11.9. The van der Waals surface area contributed by atoms with Gasteiger partial charge < -0.3 is 39.1 Å². The number of H-pyrrole nitrogens is 1. The molecule has 3 N–H and O–H groups in total. The van der Waals surface area contributed by atoms with Gasteiger partial charge in [0, 0.05) is 24.2 Å². The molecule has 166 valence electrons. The third-order valence-corrected chi connectivity index (χ3v) is 7.20. The molecule has 1 saturated heterocycles. The third kappa shape index (κ3) is 12.5. The average molecular weight is 505 g/mol. The van der Waals surface area contributed by atoms with Crippen LogP contribution >= 0.6 is 23.5 Å². The zero-order valence-corrected chi connectivity index (χ0v) is 21.1. The number of aromatic amines is 1. The SMILES string of the molecule is Cc1cn(C2CC(N)C(COP(=O)([O-])OP(=O)([O-])OP(=O)([O-])[O-])O2)c(=O)[nH]c1=O.[Li+].[Li+].[Li+].[Li+]. The summed E-state index contributed by atoms with van der Waals surface area (Å²) in [6.45, 7) is 0.559. The number of phosphoric acid groups is 3. The van der Waals surface area contributed by atoms with Crippen LogP contribution in [0.4, 0.5) is 0 Å². The molecule has 0 aromatic carbocycles. The van der Waals surface area contributed by atoms with E-state index in [2.05, 4.69) is 13.1 Å². The minimum absolute atomic E-state index is 0. The van der Waals surface area contributed by atoms with Gasteiger partial charge >= 0.3 is 81.1 Å². The molecule has 33 heavy (non-hydrogen) atoms. The van der Waals surface area contributed by atoms with Crippen LogP contribution in [-0.4, -0.2) is 28.3 Å². The minimum Gasteiger partial charge on any atom is -0.790 e. The van der Waals surface area contributed by atoms with Gasteiger partial charge in [-0.25, -0.2) is 9.11 Å². The van der Waals surface area contributed by atoms with E-state index in [4.69, 9.17) is 10.5 Å². The predicted octanol–water partition coefficient (Wildman–Crippen LogP) is -15.7. The number of ether oxygens (including phenoxy) is 1. The monoisotopic (exact) mass is 505 g/mol. The molecule has 0 amide bonds. The van der Waals surface area contributed by atoms with Crippen LogP contribution < -0.4 is 112 Å². The number of hydrogen-bond acceptors (Lipinski definition) is 14. The second kappa shape index (κ2) is 15.0. The van der Waals surface area contributed by atoms with Crippen LogP contribution in [0, 0.1) is 6.92 Å². The molecular formula is C10H14Li4N3O13P3. The fourth-order valence-electron chi connectivity index (χ4n) is 2.33. The Morgan fingerprint density at radius 1 is 1.09 bits per heavy atom. The molecule has 1 aromatic heterocycles. The first-order valence-electron chi connectivity index (χ1n) is 7.53. The number of nitrogens with zero attached hydrogens (tertiary/aromatic N) is 1. The Morgan fingerprint density at radius 2 is 1.64 bits per heavy atom. The molecule has 23 heteroatoms. The fraction of sp³-hybridized carbons (Fsp3) is 0.600. The van der Waals surface area contributed by atoms with Crippen LogP contribution in [0.15, 0.2) is 15.8 Å². The van der Waals surface area contributed by atoms with Crippen molar-refractivity contribution in [3.05, 3.63) is 32.6 Å². The van der Waals surface area contributed by atoms with Crippen LogP contribution in [0.3, 0.4) is 0 Å². The van der Waals surface area contributed by atoms with Gasteiger partial charge in [-0.15, -0.1) is 0 Å². The molecule has 16 nitrogen and oxygen atoms in total. The van der Waals surface area contributed by atoms with Crippen molar-refractivity contribution in [2.24, 2.45) is 5.73 Å². The van der Waals surface area contributed by atoms with Gasteiger partial charge in [-0.05, 0) is 6.92 Å². The summed E-state index contributed by atoms with van der Waals surface area (Å²) in [6, 6.07) is -0.877. The van der Waals surface area contributed by atoms with Crippen LogP contribution in [0.5, 0.6) is 0 Å². The summed E-state index contributed by atoms with van der Waals surface area (Å²) in [7, 11) is -17.9. The van der Waals surface area contributed by atoms with E-state index in [0.717, 1.165) is 4.57 Å². The van der Waals surface area contributed by atoms with E-state index in [1.807, 2.05) is 4.98 Å². The number of phosphoric ester groups is 1. The molecule has 0 saturated carbocycles. The van der Waals surface area contributed by atoms with Crippen molar-refractivity contribution in [3.63, 3.8) is 0 Å². The molecule has 1 aliphatic heterocycles. The van der Waals surface area contributed by atoms with Gasteiger partial charge in [-0.2, -0.15) is 0 Å². The van der Waals surface area contributed by atoms with E-state index < -0.39 is 59.7 Å². The maximum Gasteiger partial charge on any atom is 1.00 e. The van der Waals surface area contributed by atoms with Gasteiger partial charge in [0.25, 0.3) is 21.2 Å². The molecule has 5 unspecified atom stereocenters. The second-order valence-corrected chi connectivity index (χ2v) is 10.1. The second-order valence-electron chi connectivity index (χ2n) is 5.81. The maximum absolute atomic E-state index is 11.9. The Bertz CT molecular complexity index is 1030. The van der Waals surface area contributed by atoms with Gasteiger partial charge in [0.2, 0.25) is 0 Å². The van der Waals surface area contributed by atoms with Gasteiger partial charge in [-0.3, -0.25) is 27.8 Å². The number of hydrogen-bond donors (Lipinski definition) is 2. The number of rotatable bonds is 8. The largest absolute Gasteiger partial charge is 1.00 e. The molecule has 0 radical (unpaired) electrons. The standard InChI is InChI=1S/C10H18N3O13P3.4Li/c1-5-3-13(10(15)12-9(5)14)8-2-6(11)7(24-8)4-23-28(19,20)26-29(21,22)25-27(16,17)18;;;;/h3,6-8H,2,4,11H2,1H3,(H,19,20)(H,21,22)(H,12,14,15)(H2,16,17,18);;;;/q;4*+1/p-4. The van der Waals surface area contributed by atoms with E-state index in [1.54, 1.807) is 0 Å². The predicted molar refractivity (Wildman–Crippen MR) is 83.5 cm³/mol. The molecule has 1 aromatic rings. The summed E-state index contributed by atoms with van der Waals surface area (Å²) in [6.07, 6.45) is -0.947. The zero-order chi connectivity index (χ0) is 22.2. The quantitative estimate of drug-likeness (QED) is 0.246. The van der Waals surface area contributed by atoms with Crippen molar-refractivity contribution >= 4 is 23.5 Å². The molecule has 2 heterocycles. The summed E-state index contributed by atoms with van der Waals surface area (Å²) in [5.74, 6) is 0. The Balaban J connectivity index is -0.00000225. The molecule has 5 atom stereocenters. The first kappa shape index (κ1) is 38.9. The fourth-order valence-corrected chi connectivity index (χ4v) is 5.20. The molecule has 0 spiro atoms. The van der Waals surface area contributed by atoms with E-state index in [-0.39, 0.29) is 87.4 Å². The molecule has 1 aliphatic rings. The van der Waals surface area contributed by atoms with Gasteiger partial charge in [0.15, 0.2) is 0 Å². The van der Waals surface area contributed by atoms with Crippen LogP contribution in [0.2, 0.25) is 0 Å². The zero-order valence-electron chi connectivity index (χ0n) is 18.4. The van der Waals surface area contributed by atoms with E-state index in [0.29, 0.717) is 0 Å². The van der Waals surface area contributed by atoms with E-state index >= 15 is 0 Å². The van der Waals surface area contributed by atoms with Crippen molar-refractivity contribution in [3.8, 4) is 0 Å². The van der Waals surface area contributed by atoms with Gasteiger partial charge in [-0.1, -0.05) is 0 Å². The maximum atomic E-state index is 11.9. The Labute approximate surface area is 234 Å². The van der Waals surface area contributed by atoms with Crippen molar-refractivity contribution in [2.75, 3.05) is 6.61 Å². The normalized spacial score (nSPS) is 23.5. The van der Waals surface area contributed by atoms with E-state index in [1.165, 1.54) is 13.1 Å². The van der Waals surface area contributed by atoms with Crippen molar-refractivity contribution in [1.82, 2.24) is 9.55 Å². The number of nitrogens with two attached hydrogens (primary N) is 1. The molecular weight excluding hydrogens is 491 g/mol. The Morgan fingerprint density at radius 3 is 2.15 bits per heavy atom. The molecule has 1 fully saturated rings. The number of aryl methyl sites for hydroxylation is 1.